The SMILES string of the molecule is N#CC(=Cc1cccs1)c1nc(-c2ccccc2)cs1. The fourth-order valence-electron chi connectivity index (χ4n) is 1.80. The summed E-state index contributed by atoms with van der Waals surface area (Å²) in [7, 11) is 0. The first kappa shape index (κ1) is 12.8. The van der Waals surface area contributed by atoms with Crippen LogP contribution in [0.4, 0.5) is 0 Å². The van der Waals surface area contributed by atoms with Crippen LogP contribution in [0.2, 0.25) is 0 Å². The van der Waals surface area contributed by atoms with E-state index in [0.717, 1.165) is 21.1 Å². The number of rotatable bonds is 3. The fourth-order valence-corrected chi connectivity index (χ4v) is 3.25. The van der Waals surface area contributed by atoms with Gasteiger partial charge in [0.25, 0.3) is 0 Å². The van der Waals surface area contributed by atoms with Gasteiger partial charge in [-0.25, -0.2) is 4.98 Å². The van der Waals surface area contributed by atoms with Gasteiger partial charge in [0.05, 0.1) is 11.3 Å². The molecule has 3 aromatic rings. The van der Waals surface area contributed by atoms with Crippen molar-refractivity contribution in [2.24, 2.45) is 0 Å². The molecule has 2 heterocycles. The van der Waals surface area contributed by atoms with Gasteiger partial charge in [-0.05, 0) is 17.5 Å². The molecule has 0 saturated heterocycles. The Morgan fingerprint density at radius 2 is 1.95 bits per heavy atom. The number of allylic oxidation sites excluding steroid dienone is 1. The molecule has 0 atom stereocenters. The van der Waals surface area contributed by atoms with Crippen molar-refractivity contribution in [2.75, 3.05) is 0 Å². The second kappa shape index (κ2) is 5.83. The third kappa shape index (κ3) is 2.69. The van der Waals surface area contributed by atoms with Crippen molar-refractivity contribution in [2.45, 2.75) is 0 Å². The van der Waals surface area contributed by atoms with Gasteiger partial charge in [-0.2, -0.15) is 5.26 Å². The van der Waals surface area contributed by atoms with E-state index in [0.29, 0.717) is 5.57 Å². The highest BCUT2D eigenvalue weighted by Crippen LogP contribution is 2.27. The summed E-state index contributed by atoms with van der Waals surface area (Å²) in [5.74, 6) is 0. The van der Waals surface area contributed by atoms with E-state index in [4.69, 9.17) is 0 Å². The monoisotopic (exact) mass is 294 g/mol. The molecule has 0 N–H and O–H groups in total. The van der Waals surface area contributed by atoms with Gasteiger partial charge in [0, 0.05) is 15.8 Å². The topological polar surface area (TPSA) is 36.7 Å². The molecule has 0 aliphatic carbocycles. The number of benzene rings is 1. The Morgan fingerprint density at radius 1 is 1.10 bits per heavy atom. The van der Waals surface area contributed by atoms with Crippen LogP contribution in [-0.4, -0.2) is 4.98 Å². The molecule has 20 heavy (non-hydrogen) atoms. The van der Waals surface area contributed by atoms with E-state index < -0.39 is 0 Å². The van der Waals surface area contributed by atoms with Crippen LogP contribution in [0.3, 0.4) is 0 Å². The van der Waals surface area contributed by atoms with Crippen LogP contribution in [0.1, 0.15) is 9.88 Å². The molecule has 0 unspecified atom stereocenters. The number of nitrogens with zero attached hydrogens (tertiary/aromatic N) is 2. The lowest BCUT2D eigenvalue weighted by atomic mass is 10.2. The number of hydrogen-bond acceptors (Lipinski definition) is 4. The molecule has 2 nitrogen and oxygen atoms in total. The number of thiazole rings is 1. The predicted octanol–water partition coefficient (Wildman–Crippen LogP) is 4.94. The van der Waals surface area contributed by atoms with Crippen LogP contribution >= 0.6 is 22.7 Å². The van der Waals surface area contributed by atoms with Crippen LogP contribution in [0.5, 0.6) is 0 Å². The molecule has 0 aliphatic rings. The first-order valence-corrected chi connectivity index (χ1v) is 7.79. The molecule has 0 aliphatic heterocycles. The van der Waals surface area contributed by atoms with Crippen LogP contribution in [0.25, 0.3) is 22.9 Å². The molecule has 2 aromatic heterocycles. The maximum absolute atomic E-state index is 9.31. The second-order valence-electron chi connectivity index (χ2n) is 4.09. The van der Waals surface area contributed by atoms with Crippen molar-refractivity contribution in [1.29, 1.82) is 5.26 Å². The first-order chi connectivity index (χ1) is 9.86. The number of nitriles is 1. The third-order valence-electron chi connectivity index (χ3n) is 2.75. The smallest absolute Gasteiger partial charge is 0.134 e. The Bertz CT molecular complexity index is 762. The quantitative estimate of drug-likeness (QED) is 0.642. The first-order valence-electron chi connectivity index (χ1n) is 6.03. The van der Waals surface area contributed by atoms with E-state index >= 15 is 0 Å². The Morgan fingerprint density at radius 3 is 2.65 bits per heavy atom. The maximum atomic E-state index is 9.31. The normalized spacial score (nSPS) is 11.2. The van der Waals surface area contributed by atoms with Crippen LogP contribution < -0.4 is 0 Å². The van der Waals surface area contributed by atoms with Gasteiger partial charge in [-0.15, -0.1) is 22.7 Å². The number of hydrogen-bond donors (Lipinski definition) is 0. The second-order valence-corrected chi connectivity index (χ2v) is 5.93. The summed E-state index contributed by atoms with van der Waals surface area (Å²) in [6.07, 6.45) is 1.89. The van der Waals surface area contributed by atoms with Crippen molar-refractivity contribution in [3.05, 3.63) is 63.1 Å². The van der Waals surface area contributed by atoms with Crippen molar-refractivity contribution in [3.63, 3.8) is 0 Å². The predicted molar refractivity (Wildman–Crippen MR) is 85.4 cm³/mol. The molecule has 0 bridgehead atoms. The number of thiophene rings is 1. The zero-order valence-electron chi connectivity index (χ0n) is 10.5. The third-order valence-corrected chi connectivity index (χ3v) is 4.45. The lowest BCUT2D eigenvalue weighted by molar-refractivity contribution is 1.37. The van der Waals surface area contributed by atoms with Gasteiger partial charge in [0.15, 0.2) is 0 Å². The summed E-state index contributed by atoms with van der Waals surface area (Å²) in [5, 5.41) is 14.1. The maximum Gasteiger partial charge on any atom is 0.134 e. The summed E-state index contributed by atoms with van der Waals surface area (Å²) in [5.41, 5.74) is 2.60. The molecule has 1 aromatic carbocycles. The van der Waals surface area contributed by atoms with E-state index in [9.17, 15) is 5.26 Å². The van der Waals surface area contributed by atoms with Gasteiger partial charge in [0.1, 0.15) is 11.1 Å². The van der Waals surface area contributed by atoms with E-state index in [-0.39, 0.29) is 0 Å². The van der Waals surface area contributed by atoms with E-state index in [1.165, 1.54) is 11.3 Å². The highest BCUT2D eigenvalue weighted by atomic mass is 32.1. The zero-order valence-corrected chi connectivity index (χ0v) is 12.1. The Hall–Kier alpha value is -2.22. The summed E-state index contributed by atoms with van der Waals surface area (Å²) in [4.78, 5) is 5.63. The van der Waals surface area contributed by atoms with Gasteiger partial charge in [-0.3, -0.25) is 0 Å². The fraction of sp³-hybridized carbons (Fsp3) is 0. The molecule has 3 rings (SSSR count). The minimum absolute atomic E-state index is 0.611. The van der Waals surface area contributed by atoms with Crippen LogP contribution in [0, 0.1) is 11.3 Å². The van der Waals surface area contributed by atoms with E-state index in [1.54, 1.807) is 11.3 Å². The highest BCUT2D eigenvalue weighted by Gasteiger charge is 2.08. The van der Waals surface area contributed by atoms with Gasteiger partial charge >= 0.3 is 0 Å². The molecule has 0 radical (unpaired) electrons. The van der Waals surface area contributed by atoms with E-state index in [1.807, 2.05) is 59.3 Å². The largest absolute Gasteiger partial charge is 0.235 e. The summed E-state index contributed by atoms with van der Waals surface area (Å²) < 4.78 is 0. The zero-order chi connectivity index (χ0) is 13.8. The highest BCUT2D eigenvalue weighted by molar-refractivity contribution is 7.12. The molecule has 0 amide bonds. The Labute approximate surface area is 125 Å². The Balaban J connectivity index is 1.95. The summed E-state index contributed by atoms with van der Waals surface area (Å²) >= 11 is 3.12. The van der Waals surface area contributed by atoms with Crippen molar-refractivity contribution in [1.82, 2.24) is 4.98 Å². The molecule has 0 fully saturated rings. The van der Waals surface area contributed by atoms with Crippen molar-refractivity contribution in [3.8, 4) is 17.3 Å². The lowest BCUT2D eigenvalue weighted by Gasteiger charge is -1.94. The molecule has 0 spiro atoms. The molecule has 96 valence electrons. The Kier molecular flexibility index (Phi) is 3.73. The number of aromatic nitrogens is 1. The van der Waals surface area contributed by atoms with Gasteiger partial charge in [-0.1, -0.05) is 36.4 Å². The van der Waals surface area contributed by atoms with Crippen molar-refractivity contribution < 1.29 is 0 Å². The van der Waals surface area contributed by atoms with Crippen molar-refractivity contribution >= 4 is 34.3 Å². The van der Waals surface area contributed by atoms with Gasteiger partial charge < -0.3 is 0 Å². The summed E-state index contributed by atoms with van der Waals surface area (Å²) in [6, 6.07) is 16.2. The van der Waals surface area contributed by atoms with E-state index in [2.05, 4.69) is 11.1 Å². The molecular weight excluding hydrogens is 284 g/mol. The van der Waals surface area contributed by atoms with Gasteiger partial charge in [0.2, 0.25) is 0 Å². The molecule has 0 saturated carbocycles. The average Bonchev–Trinajstić information content (AvgIpc) is 3.17. The van der Waals surface area contributed by atoms with Crippen LogP contribution in [0.15, 0.2) is 53.2 Å². The van der Waals surface area contributed by atoms with Crippen LogP contribution in [-0.2, 0) is 0 Å². The lowest BCUT2D eigenvalue weighted by Crippen LogP contribution is -1.81. The summed E-state index contributed by atoms with van der Waals surface area (Å²) in [6.45, 7) is 0. The average molecular weight is 294 g/mol. The molecule has 4 heteroatoms. The minimum Gasteiger partial charge on any atom is -0.235 e. The molecular formula is C16H10N2S2. The standard InChI is InChI=1S/C16H10N2S2/c17-10-13(9-14-7-4-8-19-14)16-18-15(11-20-16)12-5-2-1-3-6-12/h1-9,11H. The minimum atomic E-state index is 0.611.